The maximum absolute atomic E-state index is 12.2. The molecular formula is C23H16INO3. The zero-order valence-electron chi connectivity index (χ0n) is 14.8. The molecule has 5 heteroatoms. The van der Waals surface area contributed by atoms with Gasteiger partial charge in [-0.25, -0.2) is 9.79 Å². The topological polar surface area (TPSA) is 47.9 Å². The van der Waals surface area contributed by atoms with Crippen molar-refractivity contribution >= 4 is 40.5 Å². The van der Waals surface area contributed by atoms with Crippen LogP contribution in [0.25, 0.3) is 6.08 Å². The Hall–Kier alpha value is -2.93. The maximum atomic E-state index is 12.2. The highest BCUT2D eigenvalue weighted by Gasteiger charge is 2.23. The van der Waals surface area contributed by atoms with Crippen LogP contribution in [0.15, 0.2) is 89.6 Å². The number of hydrogen-bond donors (Lipinski definition) is 0. The molecule has 1 aliphatic heterocycles. The third-order valence-corrected chi connectivity index (χ3v) is 4.77. The van der Waals surface area contributed by atoms with E-state index in [1.807, 2.05) is 72.8 Å². The zero-order chi connectivity index (χ0) is 19.3. The molecule has 1 aliphatic rings. The predicted molar refractivity (Wildman–Crippen MR) is 117 cm³/mol. The van der Waals surface area contributed by atoms with Gasteiger partial charge in [0, 0.05) is 9.13 Å². The van der Waals surface area contributed by atoms with E-state index in [-0.39, 0.29) is 5.70 Å². The number of benzene rings is 3. The van der Waals surface area contributed by atoms with Gasteiger partial charge < -0.3 is 9.47 Å². The van der Waals surface area contributed by atoms with Gasteiger partial charge in [0.15, 0.2) is 5.70 Å². The molecule has 0 radical (unpaired) electrons. The van der Waals surface area contributed by atoms with Gasteiger partial charge in [0.25, 0.3) is 0 Å². The second kappa shape index (κ2) is 8.39. The molecule has 0 spiro atoms. The van der Waals surface area contributed by atoms with Crippen LogP contribution in [-0.4, -0.2) is 11.9 Å². The Morgan fingerprint density at radius 1 is 0.964 bits per heavy atom. The van der Waals surface area contributed by atoms with Crippen LogP contribution in [0.4, 0.5) is 0 Å². The van der Waals surface area contributed by atoms with Crippen molar-refractivity contribution in [2.24, 2.45) is 4.99 Å². The number of aliphatic imine (C=N–C) groups is 1. The van der Waals surface area contributed by atoms with E-state index in [0.717, 1.165) is 22.4 Å². The Morgan fingerprint density at radius 3 is 2.61 bits per heavy atom. The number of carbonyl (C=O) groups is 1. The third kappa shape index (κ3) is 4.48. The summed E-state index contributed by atoms with van der Waals surface area (Å²) in [6.45, 7) is 0.481. The first kappa shape index (κ1) is 18.4. The molecule has 4 nitrogen and oxygen atoms in total. The number of ether oxygens (including phenoxy) is 2. The van der Waals surface area contributed by atoms with Crippen LogP contribution in [0.3, 0.4) is 0 Å². The van der Waals surface area contributed by atoms with E-state index in [2.05, 4.69) is 33.6 Å². The normalized spacial score (nSPS) is 14.7. The predicted octanol–water partition coefficient (Wildman–Crippen LogP) is 5.21. The van der Waals surface area contributed by atoms with Gasteiger partial charge in [-0.05, 0) is 76.2 Å². The largest absolute Gasteiger partial charge is 0.489 e. The van der Waals surface area contributed by atoms with E-state index in [4.69, 9.17) is 9.47 Å². The lowest BCUT2D eigenvalue weighted by Gasteiger charge is -2.07. The van der Waals surface area contributed by atoms with Crippen molar-refractivity contribution in [3.05, 3.63) is 105 Å². The van der Waals surface area contributed by atoms with Crippen molar-refractivity contribution in [1.82, 2.24) is 0 Å². The number of esters is 1. The smallest absolute Gasteiger partial charge is 0.363 e. The summed E-state index contributed by atoms with van der Waals surface area (Å²) >= 11 is 2.28. The minimum Gasteiger partial charge on any atom is -0.489 e. The monoisotopic (exact) mass is 481 g/mol. The molecule has 0 aromatic heterocycles. The average molecular weight is 481 g/mol. The van der Waals surface area contributed by atoms with Crippen molar-refractivity contribution in [2.75, 3.05) is 0 Å². The third-order valence-electron chi connectivity index (χ3n) is 4.10. The van der Waals surface area contributed by atoms with E-state index in [9.17, 15) is 4.79 Å². The van der Waals surface area contributed by atoms with Crippen LogP contribution >= 0.6 is 22.6 Å². The first-order chi connectivity index (χ1) is 13.7. The molecule has 3 aromatic rings. The van der Waals surface area contributed by atoms with Crippen LogP contribution < -0.4 is 4.74 Å². The van der Waals surface area contributed by atoms with Crippen LogP contribution in [0, 0.1) is 3.57 Å². The van der Waals surface area contributed by atoms with Crippen LogP contribution in [0.1, 0.15) is 16.7 Å². The SMILES string of the molecule is O=C1OC(c2ccccc2)=NC1=Cc1cccc(OCc2cccc(I)c2)c1. The number of nitrogens with zero attached hydrogens (tertiary/aromatic N) is 1. The lowest BCUT2D eigenvalue weighted by atomic mass is 10.2. The lowest BCUT2D eigenvalue weighted by Crippen LogP contribution is -2.04. The summed E-state index contributed by atoms with van der Waals surface area (Å²) in [4.78, 5) is 16.5. The van der Waals surface area contributed by atoms with Crippen molar-refractivity contribution in [2.45, 2.75) is 6.61 Å². The van der Waals surface area contributed by atoms with E-state index in [1.165, 1.54) is 3.57 Å². The molecule has 4 rings (SSSR count). The minimum atomic E-state index is -0.455. The Kier molecular flexibility index (Phi) is 5.53. The molecule has 0 unspecified atom stereocenters. The van der Waals surface area contributed by atoms with E-state index in [0.29, 0.717) is 12.5 Å². The Balaban J connectivity index is 1.51. The van der Waals surface area contributed by atoms with Crippen LogP contribution in [-0.2, 0) is 16.1 Å². The first-order valence-electron chi connectivity index (χ1n) is 8.73. The van der Waals surface area contributed by atoms with E-state index in [1.54, 1.807) is 6.08 Å². The Morgan fingerprint density at radius 2 is 1.79 bits per heavy atom. The zero-order valence-corrected chi connectivity index (χ0v) is 17.0. The Labute approximate surface area is 176 Å². The Bertz CT molecular complexity index is 1070. The number of carbonyl (C=O) groups excluding carboxylic acids is 1. The quantitative estimate of drug-likeness (QED) is 0.286. The van der Waals surface area contributed by atoms with Gasteiger partial charge in [-0.15, -0.1) is 0 Å². The minimum absolute atomic E-state index is 0.272. The summed E-state index contributed by atoms with van der Waals surface area (Å²) in [7, 11) is 0. The molecule has 3 aromatic carbocycles. The molecule has 1 heterocycles. The number of halogens is 1. The van der Waals surface area contributed by atoms with Gasteiger partial charge in [-0.2, -0.15) is 0 Å². The fraction of sp³-hybridized carbons (Fsp3) is 0.0435. The number of rotatable bonds is 5. The van der Waals surface area contributed by atoms with Crippen molar-refractivity contribution in [1.29, 1.82) is 0 Å². The highest BCUT2D eigenvalue weighted by atomic mass is 127. The van der Waals surface area contributed by atoms with Gasteiger partial charge in [-0.3, -0.25) is 0 Å². The van der Waals surface area contributed by atoms with Crippen molar-refractivity contribution in [3.63, 3.8) is 0 Å². The van der Waals surface area contributed by atoms with Gasteiger partial charge in [-0.1, -0.05) is 42.5 Å². The molecule has 28 heavy (non-hydrogen) atoms. The standard InChI is InChI=1S/C23H16INO3/c24-19-10-4-7-17(12-19)15-27-20-11-5-6-16(13-20)14-21-23(26)28-22(25-21)18-8-2-1-3-9-18/h1-14H,15H2. The molecule has 0 N–H and O–H groups in total. The second-order valence-corrected chi connectivity index (χ2v) is 7.44. The first-order valence-corrected chi connectivity index (χ1v) is 9.80. The van der Waals surface area contributed by atoms with Crippen LogP contribution in [0.2, 0.25) is 0 Å². The highest BCUT2D eigenvalue weighted by Crippen LogP contribution is 2.22. The average Bonchev–Trinajstić information content (AvgIpc) is 3.08. The van der Waals surface area contributed by atoms with Gasteiger partial charge >= 0.3 is 5.97 Å². The molecule has 0 saturated carbocycles. The lowest BCUT2D eigenvalue weighted by molar-refractivity contribution is -0.129. The molecular weight excluding hydrogens is 465 g/mol. The summed E-state index contributed by atoms with van der Waals surface area (Å²) in [5.41, 5.74) is 2.97. The molecule has 0 atom stereocenters. The summed E-state index contributed by atoms with van der Waals surface area (Å²) in [6.07, 6.45) is 1.70. The number of cyclic esters (lactones) is 1. The fourth-order valence-electron chi connectivity index (χ4n) is 2.76. The molecule has 0 fully saturated rings. The highest BCUT2D eigenvalue weighted by molar-refractivity contribution is 14.1. The van der Waals surface area contributed by atoms with E-state index >= 15 is 0 Å². The molecule has 138 valence electrons. The van der Waals surface area contributed by atoms with E-state index < -0.39 is 5.97 Å². The molecule has 0 bridgehead atoms. The maximum Gasteiger partial charge on any atom is 0.363 e. The second-order valence-electron chi connectivity index (χ2n) is 6.19. The van der Waals surface area contributed by atoms with Gasteiger partial charge in [0.1, 0.15) is 12.4 Å². The number of hydrogen-bond acceptors (Lipinski definition) is 4. The van der Waals surface area contributed by atoms with Gasteiger partial charge in [0.05, 0.1) is 0 Å². The van der Waals surface area contributed by atoms with Crippen molar-refractivity contribution in [3.8, 4) is 5.75 Å². The molecule has 0 saturated heterocycles. The summed E-state index contributed by atoms with van der Waals surface area (Å²) in [5, 5.41) is 0. The van der Waals surface area contributed by atoms with Crippen molar-refractivity contribution < 1.29 is 14.3 Å². The molecule has 0 aliphatic carbocycles. The summed E-state index contributed by atoms with van der Waals surface area (Å²) < 4.78 is 12.3. The fourth-order valence-corrected chi connectivity index (χ4v) is 3.37. The summed E-state index contributed by atoms with van der Waals surface area (Å²) in [6, 6.07) is 25.1. The molecule has 0 amide bonds. The van der Waals surface area contributed by atoms with Crippen LogP contribution in [0.5, 0.6) is 5.75 Å². The van der Waals surface area contributed by atoms with Gasteiger partial charge in [0.2, 0.25) is 5.90 Å². The summed E-state index contributed by atoms with van der Waals surface area (Å²) in [5.74, 6) is 0.596.